The normalized spacial score (nSPS) is 22.8. The highest BCUT2D eigenvalue weighted by atomic mass is 19.1. The molecule has 0 radical (unpaired) electrons. The highest BCUT2D eigenvalue weighted by Crippen LogP contribution is 2.27. The van der Waals surface area contributed by atoms with Crippen LogP contribution in [-0.2, 0) is 9.59 Å². The topological polar surface area (TPSA) is 49.4 Å². The molecule has 5 heteroatoms. The number of nitrogens with one attached hydrogen (secondary N) is 1. The second kappa shape index (κ2) is 6.35. The van der Waals surface area contributed by atoms with E-state index in [0.717, 1.165) is 0 Å². The first-order valence-corrected chi connectivity index (χ1v) is 7.12. The molecule has 1 aliphatic rings. The summed E-state index contributed by atoms with van der Waals surface area (Å²) < 4.78 is 12.4. The van der Waals surface area contributed by atoms with Crippen LogP contribution in [0.3, 0.4) is 0 Å². The molecular weight excluding hydrogens is 247 g/mol. The Kier molecular flexibility index (Phi) is 5.32. The van der Waals surface area contributed by atoms with Gasteiger partial charge in [-0.3, -0.25) is 14.0 Å². The van der Waals surface area contributed by atoms with E-state index in [1.54, 1.807) is 4.90 Å². The van der Waals surface area contributed by atoms with Crippen molar-refractivity contribution in [2.45, 2.75) is 58.5 Å². The first-order valence-electron chi connectivity index (χ1n) is 7.12. The van der Waals surface area contributed by atoms with Gasteiger partial charge in [-0.05, 0) is 25.2 Å². The number of carbonyl (C=O) groups is 2. The number of nitrogens with zero attached hydrogens (tertiary/aromatic N) is 1. The highest BCUT2D eigenvalue weighted by Gasteiger charge is 2.49. The van der Waals surface area contributed by atoms with E-state index >= 15 is 0 Å². The van der Waals surface area contributed by atoms with Gasteiger partial charge in [0.25, 0.3) is 0 Å². The quantitative estimate of drug-likeness (QED) is 0.802. The second-order valence-electron chi connectivity index (χ2n) is 5.51. The molecule has 0 saturated carbocycles. The van der Waals surface area contributed by atoms with Crippen LogP contribution in [-0.4, -0.2) is 41.5 Å². The number of piperazine rings is 1. The van der Waals surface area contributed by atoms with Crippen LogP contribution < -0.4 is 5.32 Å². The van der Waals surface area contributed by atoms with Crippen LogP contribution in [0.1, 0.15) is 47.0 Å². The molecule has 1 N–H and O–H groups in total. The second-order valence-corrected chi connectivity index (χ2v) is 5.51. The van der Waals surface area contributed by atoms with Crippen LogP contribution in [0.15, 0.2) is 0 Å². The zero-order valence-corrected chi connectivity index (χ0v) is 12.3. The molecule has 0 spiro atoms. The Balaban J connectivity index is 3.07. The fourth-order valence-electron chi connectivity index (χ4n) is 2.77. The summed E-state index contributed by atoms with van der Waals surface area (Å²) in [5, 5.41) is 2.89. The maximum Gasteiger partial charge on any atom is 0.248 e. The third-order valence-electron chi connectivity index (χ3n) is 4.01. The van der Waals surface area contributed by atoms with Crippen molar-refractivity contribution < 1.29 is 14.0 Å². The van der Waals surface area contributed by atoms with E-state index in [9.17, 15) is 14.0 Å². The molecule has 1 heterocycles. The molecular formula is C14H25FN2O2. The zero-order chi connectivity index (χ0) is 14.6. The highest BCUT2D eigenvalue weighted by molar-refractivity contribution is 5.99. The Hall–Kier alpha value is -1.13. The van der Waals surface area contributed by atoms with E-state index in [0.29, 0.717) is 19.4 Å². The van der Waals surface area contributed by atoms with Crippen molar-refractivity contribution in [1.29, 1.82) is 0 Å². The predicted octanol–water partition coefficient (Wildman–Crippen LogP) is 1.89. The van der Waals surface area contributed by atoms with E-state index in [-0.39, 0.29) is 24.2 Å². The molecule has 1 atom stereocenters. The summed E-state index contributed by atoms with van der Waals surface area (Å²) in [5.74, 6) is -0.156. The summed E-state index contributed by atoms with van der Waals surface area (Å²) in [6.07, 6.45) is 1.40. The Bertz CT molecular complexity index is 340. The van der Waals surface area contributed by atoms with Crippen molar-refractivity contribution in [2.75, 3.05) is 13.2 Å². The van der Waals surface area contributed by atoms with E-state index < -0.39 is 18.3 Å². The van der Waals surface area contributed by atoms with Crippen LogP contribution in [0.5, 0.6) is 0 Å². The van der Waals surface area contributed by atoms with Gasteiger partial charge in [0, 0.05) is 6.54 Å². The molecule has 110 valence electrons. The van der Waals surface area contributed by atoms with Gasteiger partial charge < -0.3 is 10.2 Å². The van der Waals surface area contributed by atoms with Gasteiger partial charge in [-0.25, -0.2) is 0 Å². The van der Waals surface area contributed by atoms with Gasteiger partial charge in [0.15, 0.2) is 0 Å². The fourth-order valence-corrected chi connectivity index (χ4v) is 2.77. The summed E-state index contributed by atoms with van der Waals surface area (Å²) in [6.45, 7) is 7.44. The number of carbonyl (C=O) groups excluding carboxylic acids is 2. The molecule has 1 fully saturated rings. The SMILES string of the molecule is CCC1(CC)NC(=O)C(C(C)C)N(CCCF)C1=O. The number of alkyl halides is 1. The van der Waals surface area contributed by atoms with Crippen LogP contribution >= 0.6 is 0 Å². The number of amides is 2. The van der Waals surface area contributed by atoms with Crippen molar-refractivity contribution in [3.63, 3.8) is 0 Å². The number of hydrogen-bond acceptors (Lipinski definition) is 2. The Morgan fingerprint density at radius 2 is 1.89 bits per heavy atom. The van der Waals surface area contributed by atoms with Crippen LogP contribution in [0.2, 0.25) is 0 Å². The summed E-state index contributed by atoms with van der Waals surface area (Å²) in [7, 11) is 0. The van der Waals surface area contributed by atoms with Crippen molar-refractivity contribution in [2.24, 2.45) is 5.92 Å². The molecule has 2 amide bonds. The minimum Gasteiger partial charge on any atom is -0.340 e. The van der Waals surface area contributed by atoms with Gasteiger partial charge in [0.2, 0.25) is 11.8 Å². The summed E-state index contributed by atoms with van der Waals surface area (Å²) in [5.41, 5.74) is -0.807. The van der Waals surface area contributed by atoms with Gasteiger partial charge in [0.1, 0.15) is 11.6 Å². The van der Waals surface area contributed by atoms with Crippen molar-refractivity contribution in [1.82, 2.24) is 10.2 Å². The molecule has 1 aliphatic heterocycles. The van der Waals surface area contributed by atoms with Gasteiger partial charge in [-0.15, -0.1) is 0 Å². The Morgan fingerprint density at radius 1 is 1.32 bits per heavy atom. The smallest absolute Gasteiger partial charge is 0.248 e. The number of hydrogen-bond donors (Lipinski definition) is 1. The Morgan fingerprint density at radius 3 is 2.32 bits per heavy atom. The molecule has 0 aromatic heterocycles. The number of rotatable bonds is 6. The first kappa shape index (κ1) is 15.9. The maximum atomic E-state index is 12.7. The van der Waals surface area contributed by atoms with E-state index in [1.165, 1.54) is 0 Å². The molecule has 0 aromatic carbocycles. The monoisotopic (exact) mass is 272 g/mol. The molecule has 19 heavy (non-hydrogen) atoms. The molecule has 0 aromatic rings. The lowest BCUT2D eigenvalue weighted by molar-refractivity contribution is -0.157. The lowest BCUT2D eigenvalue weighted by Gasteiger charge is -2.46. The van der Waals surface area contributed by atoms with Crippen molar-refractivity contribution in [3.8, 4) is 0 Å². The van der Waals surface area contributed by atoms with Gasteiger partial charge in [-0.2, -0.15) is 0 Å². The van der Waals surface area contributed by atoms with Gasteiger partial charge in [-0.1, -0.05) is 27.7 Å². The first-order chi connectivity index (χ1) is 8.93. The largest absolute Gasteiger partial charge is 0.340 e. The van der Waals surface area contributed by atoms with Crippen LogP contribution in [0.4, 0.5) is 4.39 Å². The average molecular weight is 272 g/mol. The minimum absolute atomic E-state index is 0.0234. The summed E-state index contributed by atoms with van der Waals surface area (Å²) >= 11 is 0. The standard InChI is InChI=1S/C14H25FN2O2/c1-5-14(6-2)13(19)17(9-7-8-15)11(10(3)4)12(18)16-14/h10-11H,5-9H2,1-4H3,(H,16,18). The van der Waals surface area contributed by atoms with E-state index in [2.05, 4.69) is 5.32 Å². The average Bonchev–Trinajstić information content (AvgIpc) is 2.38. The maximum absolute atomic E-state index is 12.7. The van der Waals surface area contributed by atoms with E-state index in [4.69, 9.17) is 0 Å². The third-order valence-corrected chi connectivity index (χ3v) is 4.01. The van der Waals surface area contributed by atoms with Crippen molar-refractivity contribution in [3.05, 3.63) is 0 Å². The van der Waals surface area contributed by atoms with Crippen LogP contribution in [0.25, 0.3) is 0 Å². The number of halogens is 1. The molecule has 1 unspecified atom stereocenters. The van der Waals surface area contributed by atoms with Crippen LogP contribution in [0, 0.1) is 5.92 Å². The lowest BCUT2D eigenvalue weighted by Crippen LogP contribution is -2.71. The molecule has 0 aliphatic carbocycles. The van der Waals surface area contributed by atoms with Gasteiger partial charge in [0.05, 0.1) is 6.67 Å². The fraction of sp³-hybridized carbons (Fsp3) is 0.857. The van der Waals surface area contributed by atoms with Crippen molar-refractivity contribution >= 4 is 11.8 Å². The molecule has 4 nitrogen and oxygen atoms in total. The molecule has 1 saturated heterocycles. The third kappa shape index (κ3) is 2.90. The predicted molar refractivity (Wildman–Crippen MR) is 72.4 cm³/mol. The molecule has 0 bridgehead atoms. The zero-order valence-electron chi connectivity index (χ0n) is 12.3. The van der Waals surface area contributed by atoms with Gasteiger partial charge >= 0.3 is 0 Å². The molecule has 1 rings (SSSR count). The minimum atomic E-state index is -0.807. The lowest BCUT2D eigenvalue weighted by atomic mass is 9.85. The van der Waals surface area contributed by atoms with E-state index in [1.807, 2.05) is 27.7 Å². The summed E-state index contributed by atoms with van der Waals surface area (Å²) in [6, 6.07) is -0.481. The summed E-state index contributed by atoms with van der Waals surface area (Å²) in [4.78, 5) is 26.5. The Labute approximate surface area is 114 Å².